The van der Waals surface area contributed by atoms with Crippen LogP contribution in [0.1, 0.15) is 47.2 Å². The van der Waals surface area contributed by atoms with Crippen LogP contribution in [0.5, 0.6) is 0 Å². The average molecular weight is 343 g/mol. The Bertz CT molecular complexity index is 841. The highest BCUT2D eigenvalue weighted by Gasteiger charge is 2.22. The van der Waals surface area contributed by atoms with Crippen LogP contribution in [0, 0.1) is 0 Å². The molecule has 0 saturated heterocycles. The zero-order valence-electron chi connectivity index (χ0n) is 13.7. The Kier molecular flexibility index (Phi) is 4.83. The van der Waals surface area contributed by atoms with Crippen LogP contribution in [-0.2, 0) is 16.4 Å². The van der Waals surface area contributed by atoms with E-state index in [1.54, 1.807) is 12.1 Å². The third-order valence-corrected chi connectivity index (χ3v) is 6.02. The van der Waals surface area contributed by atoms with Gasteiger partial charge in [0.25, 0.3) is 0 Å². The Morgan fingerprint density at radius 1 is 1.12 bits per heavy atom. The monoisotopic (exact) mass is 343 g/mol. The van der Waals surface area contributed by atoms with Crippen molar-refractivity contribution >= 4 is 15.8 Å². The Hall–Kier alpha value is -1.98. The molecule has 0 radical (unpaired) electrons. The molecule has 0 amide bonds. The number of hydrogen-bond acceptors (Lipinski definition) is 3. The van der Waals surface area contributed by atoms with Crippen molar-refractivity contribution in [3.8, 4) is 0 Å². The first-order valence-corrected chi connectivity index (χ1v) is 9.64. The van der Waals surface area contributed by atoms with E-state index in [4.69, 9.17) is 0 Å². The minimum absolute atomic E-state index is 0.0780. The molecular weight excluding hydrogens is 322 g/mol. The van der Waals surface area contributed by atoms with Crippen molar-refractivity contribution in [3.63, 3.8) is 0 Å². The minimum atomic E-state index is -3.57. The molecule has 24 heavy (non-hydrogen) atoms. The van der Waals surface area contributed by atoms with Crippen LogP contribution >= 0.6 is 0 Å². The van der Waals surface area contributed by atoms with Gasteiger partial charge in [0, 0.05) is 12.1 Å². The van der Waals surface area contributed by atoms with Gasteiger partial charge < -0.3 is 0 Å². The molecule has 1 atom stereocenters. The van der Waals surface area contributed by atoms with Crippen molar-refractivity contribution < 1.29 is 13.2 Å². The fraction of sp³-hybridized carbons (Fsp3) is 0.316. The van der Waals surface area contributed by atoms with Crippen LogP contribution in [0.15, 0.2) is 53.4 Å². The van der Waals surface area contributed by atoms with E-state index in [-0.39, 0.29) is 16.6 Å². The largest absolute Gasteiger partial charge is 0.295 e. The number of benzene rings is 2. The number of aryl methyl sites for hydroxylation is 1. The number of rotatable bonds is 5. The number of fused-ring (bicyclic) bond motifs is 1. The fourth-order valence-electron chi connectivity index (χ4n) is 3.23. The molecule has 126 valence electrons. The molecule has 0 spiro atoms. The van der Waals surface area contributed by atoms with Gasteiger partial charge in [-0.15, -0.1) is 0 Å². The first kappa shape index (κ1) is 16.9. The summed E-state index contributed by atoms with van der Waals surface area (Å²) in [5.41, 5.74) is 3.08. The lowest BCUT2D eigenvalue weighted by Gasteiger charge is -2.25. The maximum Gasteiger partial charge on any atom is 0.240 e. The van der Waals surface area contributed by atoms with Crippen molar-refractivity contribution in [2.24, 2.45) is 0 Å². The van der Waals surface area contributed by atoms with Crippen LogP contribution in [0.3, 0.4) is 0 Å². The maximum atomic E-state index is 12.5. The highest BCUT2D eigenvalue weighted by Crippen LogP contribution is 2.31. The third kappa shape index (κ3) is 3.57. The number of carbonyl (C=O) groups is 1. The molecule has 1 aliphatic rings. The van der Waals surface area contributed by atoms with Gasteiger partial charge in [-0.3, -0.25) is 4.79 Å². The molecule has 0 heterocycles. The second kappa shape index (κ2) is 6.87. The summed E-state index contributed by atoms with van der Waals surface area (Å²) in [6.07, 6.45) is 3.13. The fourth-order valence-corrected chi connectivity index (χ4v) is 4.31. The van der Waals surface area contributed by atoms with E-state index in [2.05, 4.69) is 16.9 Å². The minimum Gasteiger partial charge on any atom is -0.295 e. The Labute approximate surface area is 143 Å². The molecule has 4 nitrogen and oxygen atoms in total. The normalized spacial score (nSPS) is 17.3. The first-order chi connectivity index (χ1) is 11.5. The van der Waals surface area contributed by atoms with E-state index in [0.29, 0.717) is 12.1 Å². The SMILES string of the molecule is CC(=O)c1ccc(S(=O)(=O)NC[C@H]2CCCc3ccccc32)cc1. The molecule has 5 heteroatoms. The van der Waals surface area contributed by atoms with Gasteiger partial charge in [-0.2, -0.15) is 0 Å². The highest BCUT2D eigenvalue weighted by atomic mass is 32.2. The molecule has 1 N–H and O–H groups in total. The van der Waals surface area contributed by atoms with Gasteiger partial charge in [0.05, 0.1) is 4.90 Å². The van der Waals surface area contributed by atoms with Gasteiger partial charge in [0.1, 0.15) is 0 Å². The maximum absolute atomic E-state index is 12.5. The van der Waals surface area contributed by atoms with Crippen LogP contribution in [0.25, 0.3) is 0 Å². The smallest absolute Gasteiger partial charge is 0.240 e. The number of nitrogens with one attached hydrogen (secondary N) is 1. The molecule has 2 aromatic rings. The third-order valence-electron chi connectivity index (χ3n) is 4.58. The summed E-state index contributed by atoms with van der Waals surface area (Å²) >= 11 is 0. The number of carbonyl (C=O) groups excluding carboxylic acids is 1. The van der Waals surface area contributed by atoms with Gasteiger partial charge in [-0.1, -0.05) is 36.4 Å². The van der Waals surface area contributed by atoms with Crippen molar-refractivity contribution in [2.45, 2.75) is 37.0 Å². The Morgan fingerprint density at radius 2 is 1.83 bits per heavy atom. The van der Waals surface area contributed by atoms with Gasteiger partial charge in [-0.25, -0.2) is 13.1 Å². The van der Waals surface area contributed by atoms with E-state index in [1.807, 2.05) is 12.1 Å². The topological polar surface area (TPSA) is 63.2 Å². The predicted octanol–water partition coefficient (Wildman–Crippen LogP) is 3.29. The van der Waals surface area contributed by atoms with Crippen LogP contribution in [-0.4, -0.2) is 20.7 Å². The lowest BCUT2D eigenvalue weighted by Crippen LogP contribution is -2.30. The summed E-state index contributed by atoms with van der Waals surface area (Å²) in [6, 6.07) is 14.3. The average Bonchev–Trinajstić information content (AvgIpc) is 2.60. The summed E-state index contributed by atoms with van der Waals surface area (Å²) in [7, 11) is -3.57. The summed E-state index contributed by atoms with van der Waals surface area (Å²) in [5, 5.41) is 0. The second-order valence-electron chi connectivity index (χ2n) is 6.22. The molecule has 2 aromatic carbocycles. The zero-order valence-corrected chi connectivity index (χ0v) is 14.5. The molecular formula is C19H21NO3S. The molecule has 3 rings (SSSR count). The molecule has 0 bridgehead atoms. The van der Waals surface area contributed by atoms with Crippen molar-refractivity contribution in [1.82, 2.24) is 4.72 Å². The zero-order chi connectivity index (χ0) is 17.2. The number of ketones is 1. The van der Waals surface area contributed by atoms with Crippen LogP contribution in [0.4, 0.5) is 0 Å². The van der Waals surface area contributed by atoms with E-state index in [0.717, 1.165) is 19.3 Å². The van der Waals surface area contributed by atoms with Crippen molar-refractivity contribution in [3.05, 3.63) is 65.2 Å². The van der Waals surface area contributed by atoms with Gasteiger partial charge >= 0.3 is 0 Å². The first-order valence-electron chi connectivity index (χ1n) is 8.16. The summed E-state index contributed by atoms with van der Waals surface area (Å²) in [6.45, 7) is 1.86. The second-order valence-corrected chi connectivity index (χ2v) is 7.99. The van der Waals surface area contributed by atoms with E-state index in [1.165, 1.54) is 30.2 Å². The number of hydrogen-bond donors (Lipinski definition) is 1. The Balaban J connectivity index is 1.73. The van der Waals surface area contributed by atoms with Crippen molar-refractivity contribution in [2.75, 3.05) is 6.54 Å². The van der Waals surface area contributed by atoms with Gasteiger partial charge in [0.2, 0.25) is 10.0 Å². The predicted molar refractivity (Wildman–Crippen MR) is 93.8 cm³/mol. The van der Waals surface area contributed by atoms with Crippen LogP contribution in [0.2, 0.25) is 0 Å². The van der Waals surface area contributed by atoms with Gasteiger partial charge in [-0.05, 0) is 55.4 Å². The highest BCUT2D eigenvalue weighted by molar-refractivity contribution is 7.89. The summed E-state index contributed by atoms with van der Waals surface area (Å²) in [4.78, 5) is 11.5. The van der Waals surface area contributed by atoms with E-state index < -0.39 is 10.0 Å². The van der Waals surface area contributed by atoms with Crippen LogP contribution < -0.4 is 4.72 Å². The van der Waals surface area contributed by atoms with E-state index in [9.17, 15) is 13.2 Å². The Morgan fingerprint density at radius 3 is 2.54 bits per heavy atom. The lowest BCUT2D eigenvalue weighted by atomic mass is 9.83. The molecule has 0 fully saturated rings. The van der Waals surface area contributed by atoms with Gasteiger partial charge in [0.15, 0.2) is 5.78 Å². The standard InChI is InChI=1S/C19H21NO3S/c1-14(21)15-9-11-18(12-10-15)24(22,23)20-13-17-7-4-6-16-5-2-3-8-19(16)17/h2-3,5,8-12,17,20H,4,6-7,13H2,1H3/t17-/m1/s1. The molecule has 0 unspecified atom stereocenters. The van der Waals surface area contributed by atoms with Crippen molar-refractivity contribution in [1.29, 1.82) is 0 Å². The number of Topliss-reactive ketones (excluding diaryl/α,β-unsaturated/α-hetero) is 1. The molecule has 0 aromatic heterocycles. The summed E-state index contributed by atoms with van der Waals surface area (Å²) in [5.74, 6) is 0.131. The lowest BCUT2D eigenvalue weighted by molar-refractivity contribution is 0.101. The molecule has 0 saturated carbocycles. The molecule has 0 aliphatic heterocycles. The van der Waals surface area contributed by atoms with E-state index >= 15 is 0 Å². The number of sulfonamides is 1. The summed E-state index contributed by atoms with van der Waals surface area (Å²) < 4.78 is 27.7. The molecule has 1 aliphatic carbocycles. The quantitative estimate of drug-likeness (QED) is 0.847.